The second kappa shape index (κ2) is 8.86. The Morgan fingerprint density at radius 2 is 1.70 bits per heavy atom. The molecule has 156 valence electrons. The normalized spacial score (nSPS) is 11.7. The number of anilines is 1. The van der Waals surface area contributed by atoms with Crippen molar-refractivity contribution < 1.29 is 0 Å². The highest BCUT2D eigenvalue weighted by Crippen LogP contribution is 2.31. The number of nitrogens with zero attached hydrogens (tertiary/aromatic N) is 3. The maximum Gasteiger partial charge on any atom is 0.152 e. The molecule has 4 aromatic rings. The molecule has 0 unspecified atom stereocenters. The molecule has 4 heteroatoms. The van der Waals surface area contributed by atoms with Gasteiger partial charge in [0.05, 0.1) is 11.0 Å². The predicted molar refractivity (Wildman–Crippen MR) is 127 cm³/mol. The van der Waals surface area contributed by atoms with Crippen molar-refractivity contribution in [3.05, 3.63) is 65.5 Å². The van der Waals surface area contributed by atoms with E-state index in [1.165, 1.54) is 11.1 Å². The third-order valence-electron chi connectivity index (χ3n) is 5.69. The van der Waals surface area contributed by atoms with Crippen LogP contribution in [0.3, 0.4) is 0 Å². The molecule has 2 aromatic heterocycles. The fraction of sp³-hybridized carbons (Fsp3) is 0.385. The number of unbranched alkanes of at least 4 members (excludes halogenated alkanes) is 1. The van der Waals surface area contributed by atoms with Gasteiger partial charge in [-0.3, -0.25) is 0 Å². The first-order chi connectivity index (χ1) is 14.6. The van der Waals surface area contributed by atoms with Gasteiger partial charge in [-0.1, -0.05) is 69.7 Å². The largest absolute Gasteiger partial charge is 0.382 e. The molecular formula is C26H32N4. The fourth-order valence-electron chi connectivity index (χ4n) is 4.18. The van der Waals surface area contributed by atoms with E-state index in [-0.39, 0.29) is 0 Å². The standard InChI is InChI=1S/C26H32N4/c1-4-5-11-23-29-24-25(30(23)17-18(2)3)21-15-14-20(16-22(21)28-26(24)27)13-12-19-9-7-6-8-10-19/h6-10,14-16,18H,4-5,11-13,17H2,1-3H3,(H2,27,28). The number of imidazole rings is 1. The van der Waals surface area contributed by atoms with E-state index in [9.17, 15) is 0 Å². The van der Waals surface area contributed by atoms with Gasteiger partial charge in [-0.25, -0.2) is 9.97 Å². The predicted octanol–water partition coefficient (Wildman–Crippen LogP) is 5.95. The summed E-state index contributed by atoms with van der Waals surface area (Å²) in [5.74, 6) is 2.21. The van der Waals surface area contributed by atoms with E-state index in [1.54, 1.807) is 0 Å². The Kier molecular flexibility index (Phi) is 6.03. The number of nitrogens with two attached hydrogens (primary N) is 1. The molecule has 0 radical (unpaired) electrons. The Bertz CT molecular complexity index is 1140. The van der Waals surface area contributed by atoms with Crippen LogP contribution in [0.25, 0.3) is 21.9 Å². The van der Waals surface area contributed by atoms with Gasteiger partial charge in [0.1, 0.15) is 11.3 Å². The lowest BCUT2D eigenvalue weighted by Gasteiger charge is -2.13. The van der Waals surface area contributed by atoms with Crippen LogP contribution in [0, 0.1) is 5.92 Å². The van der Waals surface area contributed by atoms with Gasteiger partial charge in [0, 0.05) is 18.4 Å². The third kappa shape index (κ3) is 4.18. The average Bonchev–Trinajstić information content (AvgIpc) is 3.10. The molecule has 2 N–H and O–H groups in total. The minimum absolute atomic E-state index is 0.539. The smallest absolute Gasteiger partial charge is 0.152 e. The number of benzene rings is 2. The van der Waals surface area contributed by atoms with Crippen LogP contribution in [-0.2, 0) is 25.8 Å². The van der Waals surface area contributed by atoms with E-state index in [1.807, 2.05) is 0 Å². The lowest BCUT2D eigenvalue weighted by molar-refractivity contribution is 0.513. The van der Waals surface area contributed by atoms with Crippen LogP contribution in [0.5, 0.6) is 0 Å². The zero-order valence-electron chi connectivity index (χ0n) is 18.4. The van der Waals surface area contributed by atoms with E-state index < -0.39 is 0 Å². The molecule has 4 rings (SSSR count). The highest BCUT2D eigenvalue weighted by molar-refractivity contribution is 6.06. The summed E-state index contributed by atoms with van der Waals surface area (Å²) in [7, 11) is 0. The Labute approximate surface area is 179 Å². The minimum atomic E-state index is 0.539. The summed E-state index contributed by atoms with van der Waals surface area (Å²) in [5, 5.41) is 1.15. The monoisotopic (exact) mass is 400 g/mol. The van der Waals surface area contributed by atoms with Crippen LogP contribution in [0.15, 0.2) is 48.5 Å². The summed E-state index contributed by atoms with van der Waals surface area (Å²) in [5.41, 5.74) is 12.0. The van der Waals surface area contributed by atoms with Crippen LogP contribution in [0.4, 0.5) is 5.82 Å². The molecule has 0 aliphatic rings. The van der Waals surface area contributed by atoms with Crippen molar-refractivity contribution in [3.8, 4) is 0 Å². The molecule has 2 aromatic carbocycles. The average molecular weight is 401 g/mol. The number of fused-ring (bicyclic) bond motifs is 3. The van der Waals surface area contributed by atoms with Gasteiger partial charge in [0.15, 0.2) is 5.82 Å². The summed E-state index contributed by atoms with van der Waals surface area (Å²) in [6.07, 6.45) is 5.29. The van der Waals surface area contributed by atoms with E-state index >= 15 is 0 Å². The van der Waals surface area contributed by atoms with E-state index in [0.29, 0.717) is 11.7 Å². The molecule has 0 aliphatic carbocycles. The second-order valence-electron chi connectivity index (χ2n) is 8.67. The number of hydrogen-bond donors (Lipinski definition) is 1. The van der Waals surface area contributed by atoms with Crippen LogP contribution >= 0.6 is 0 Å². The van der Waals surface area contributed by atoms with Crippen molar-refractivity contribution in [2.24, 2.45) is 5.92 Å². The van der Waals surface area contributed by atoms with Gasteiger partial charge < -0.3 is 10.3 Å². The summed E-state index contributed by atoms with van der Waals surface area (Å²) in [4.78, 5) is 9.66. The van der Waals surface area contributed by atoms with Crippen molar-refractivity contribution >= 4 is 27.8 Å². The van der Waals surface area contributed by atoms with Crippen molar-refractivity contribution in [1.82, 2.24) is 14.5 Å². The van der Waals surface area contributed by atoms with Gasteiger partial charge >= 0.3 is 0 Å². The van der Waals surface area contributed by atoms with Crippen molar-refractivity contribution in [2.45, 2.75) is 59.4 Å². The Hall–Kier alpha value is -2.88. The Balaban J connectivity index is 1.76. The molecule has 0 spiro atoms. The van der Waals surface area contributed by atoms with Gasteiger partial charge in [-0.15, -0.1) is 0 Å². The van der Waals surface area contributed by atoms with Crippen molar-refractivity contribution in [1.29, 1.82) is 0 Å². The summed E-state index contributed by atoms with van der Waals surface area (Å²) in [6, 6.07) is 17.3. The van der Waals surface area contributed by atoms with Gasteiger partial charge in [0.2, 0.25) is 0 Å². The maximum atomic E-state index is 6.39. The SMILES string of the molecule is CCCCc1nc2c(N)nc3cc(CCc4ccccc4)ccc3c2n1CC(C)C. The summed E-state index contributed by atoms with van der Waals surface area (Å²) >= 11 is 0. The van der Waals surface area contributed by atoms with Crippen LogP contribution < -0.4 is 5.73 Å². The zero-order chi connectivity index (χ0) is 21.1. The number of nitrogen functional groups attached to an aromatic ring is 1. The molecule has 30 heavy (non-hydrogen) atoms. The van der Waals surface area contributed by atoms with Gasteiger partial charge in [-0.2, -0.15) is 0 Å². The first-order valence-electron chi connectivity index (χ1n) is 11.2. The van der Waals surface area contributed by atoms with E-state index in [2.05, 4.69) is 73.9 Å². The zero-order valence-corrected chi connectivity index (χ0v) is 18.4. The van der Waals surface area contributed by atoms with Crippen LogP contribution in [0.1, 0.15) is 50.6 Å². The van der Waals surface area contributed by atoms with Crippen LogP contribution in [-0.4, -0.2) is 14.5 Å². The van der Waals surface area contributed by atoms with E-state index in [0.717, 1.165) is 66.4 Å². The lowest BCUT2D eigenvalue weighted by atomic mass is 10.0. The molecule has 2 heterocycles. The third-order valence-corrected chi connectivity index (χ3v) is 5.69. The number of hydrogen-bond acceptors (Lipinski definition) is 3. The number of aryl methyl sites for hydroxylation is 3. The molecule has 0 saturated carbocycles. The molecule has 0 atom stereocenters. The first-order valence-corrected chi connectivity index (χ1v) is 11.2. The van der Waals surface area contributed by atoms with Gasteiger partial charge in [-0.05, 0) is 42.4 Å². The minimum Gasteiger partial charge on any atom is -0.382 e. The quantitative estimate of drug-likeness (QED) is 0.397. The molecule has 0 aliphatic heterocycles. The molecule has 4 nitrogen and oxygen atoms in total. The van der Waals surface area contributed by atoms with Gasteiger partial charge in [0.25, 0.3) is 0 Å². The fourth-order valence-corrected chi connectivity index (χ4v) is 4.18. The number of rotatable bonds is 8. The number of pyridine rings is 1. The highest BCUT2D eigenvalue weighted by Gasteiger charge is 2.18. The van der Waals surface area contributed by atoms with Crippen molar-refractivity contribution in [2.75, 3.05) is 5.73 Å². The van der Waals surface area contributed by atoms with Crippen molar-refractivity contribution in [3.63, 3.8) is 0 Å². The summed E-state index contributed by atoms with van der Waals surface area (Å²) < 4.78 is 2.39. The topological polar surface area (TPSA) is 56.7 Å². The van der Waals surface area contributed by atoms with E-state index in [4.69, 9.17) is 15.7 Å². The molecule has 0 fully saturated rings. The maximum absolute atomic E-state index is 6.39. The molecule has 0 saturated heterocycles. The lowest BCUT2D eigenvalue weighted by Crippen LogP contribution is -2.09. The highest BCUT2D eigenvalue weighted by atomic mass is 15.1. The van der Waals surface area contributed by atoms with Crippen LogP contribution in [0.2, 0.25) is 0 Å². The number of aromatic nitrogens is 3. The molecule has 0 bridgehead atoms. The molecular weight excluding hydrogens is 368 g/mol. The summed E-state index contributed by atoms with van der Waals surface area (Å²) in [6.45, 7) is 7.68. The Morgan fingerprint density at radius 1 is 0.933 bits per heavy atom. The first kappa shape index (κ1) is 20.4. The Morgan fingerprint density at radius 3 is 2.43 bits per heavy atom. The second-order valence-corrected chi connectivity index (χ2v) is 8.67. The molecule has 0 amide bonds.